The van der Waals surface area contributed by atoms with Crippen molar-refractivity contribution in [2.45, 2.75) is 20.3 Å². The Kier molecular flexibility index (Phi) is 1.70. The Hall–Kier alpha value is -0.590. The summed E-state index contributed by atoms with van der Waals surface area (Å²) in [5.41, 5.74) is 0. The predicted molar refractivity (Wildman–Crippen MR) is 37.1 cm³/mol. The third kappa shape index (κ3) is 1.41. The summed E-state index contributed by atoms with van der Waals surface area (Å²) >= 11 is 0. The van der Waals surface area contributed by atoms with Crippen LogP contribution < -0.4 is 0 Å². The van der Waals surface area contributed by atoms with Gasteiger partial charge in [-0.25, -0.2) is 0 Å². The number of hydrogen-bond acceptors (Lipinski definition) is 1. The Morgan fingerprint density at radius 1 is 1.56 bits per heavy atom. The first-order valence-corrected chi connectivity index (χ1v) is 3.42. The smallest absolute Gasteiger partial charge is 0.158 e. The minimum atomic E-state index is 0.255. The highest BCUT2D eigenvalue weighted by atomic mass is 16.1. The summed E-state index contributed by atoms with van der Waals surface area (Å²) in [5.74, 6) is 1.13. The van der Waals surface area contributed by atoms with Gasteiger partial charge in [0.2, 0.25) is 0 Å². The molecule has 1 heteroatoms. The van der Waals surface area contributed by atoms with E-state index < -0.39 is 0 Å². The minimum Gasteiger partial charge on any atom is -0.295 e. The molecule has 0 N–H and O–H groups in total. The number of carbonyl (C=O) groups excluding carboxylic acids is 1. The van der Waals surface area contributed by atoms with Crippen LogP contribution in [-0.4, -0.2) is 5.78 Å². The highest BCUT2D eigenvalue weighted by Gasteiger charge is 2.16. The van der Waals surface area contributed by atoms with Crippen molar-refractivity contribution in [1.82, 2.24) is 0 Å². The molecule has 50 valence electrons. The van der Waals surface area contributed by atoms with E-state index >= 15 is 0 Å². The number of ketones is 1. The second-order valence-corrected chi connectivity index (χ2v) is 2.88. The summed E-state index contributed by atoms with van der Waals surface area (Å²) in [7, 11) is 0. The van der Waals surface area contributed by atoms with E-state index in [4.69, 9.17) is 0 Å². The Morgan fingerprint density at radius 2 is 2.22 bits per heavy atom. The molecule has 9 heavy (non-hydrogen) atoms. The van der Waals surface area contributed by atoms with Crippen LogP contribution in [0.3, 0.4) is 0 Å². The zero-order valence-electron chi connectivity index (χ0n) is 5.92. The summed E-state index contributed by atoms with van der Waals surface area (Å²) in [6.45, 7) is 4.13. The molecule has 0 amide bonds. The maximum atomic E-state index is 10.9. The monoisotopic (exact) mass is 124 g/mol. The summed E-state index contributed by atoms with van der Waals surface area (Å²) in [6.07, 6.45) is 4.72. The average Bonchev–Trinajstić information content (AvgIpc) is 1.80. The molecular formula is C8H12O. The first-order valence-electron chi connectivity index (χ1n) is 3.42. The van der Waals surface area contributed by atoms with Crippen molar-refractivity contribution in [3.05, 3.63) is 12.2 Å². The van der Waals surface area contributed by atoms with Gasteiger partial charge in [-0.2, -0.15) is 0 Å². The van der Waals surface area contributed by atoms with Crippen LogP contribution in [0, 0.1) is 11.8 Å². The molecular weight excluding hydrogens is 112 g/mol. The topological polar surface area (TPSA) is 17.1 Å². The highest BCUT2D eigenvalue weighted by molar-refractivity contribution is 5.92. The van der Waals surface area contributed by atoms with E-state index in [0.717, 1.165) is 6.42 Å². The van der Waals surface area contributed by atoms with Crippen molar-refractivity contribution in [2.75, 3.05) is 0 Å². The van der Waals surface area contributed by atoms with E-state index in [1.807, 2.05) is 13.0 Å². The maximum absolute atomic E-state index is 10.9. The Morgan fingerprint density at radius 3 is 2.67 bits per heavy atom. The van der Waals surface area contributed by atoms with Gasteiger partial charge < -0.3 is 0 Å². The molecule has 0 saturated heterocycles. The molecule has 0 fully saturated rings. The molecule has 0 radical (unpaired) electrons. The molecule has 0 heterocycles. The molecule has 1 aliphatic carbocycles. The van der Waals surface area contributed by atoms with Crippen LogP contribution in [0.4, 0.5) is 0 Å². The SMILES string of the molecule is CC1C=CC(=O)C(C)C1. The van der Waals surface area contributed by atoms with Crippen molar-refractivity contribution in [1.29, 1.82) is 0 Å². The van der Waals surface area contributed by atoms with E-state index in [0.29, 0.717) is 5.92 Å². The fraction of sp³-hybridized carbons (Fsp3) is 0.625. The van der Waals surface area contributed by atoms with Crippen molar-refractivity contribution < 1.29 is 4.79 Å². The number of allylic oxidation sites excluding steroid dienone is 2. The number of rotatable bonds is 0. The van der Waals surface area contributed by atoms with E-state index in [1.54, 1.807) is 6.08 Å². The lowest BCUT2D eigenvalue weighted by molar-refractivity contribution is -0.118. The second-order valence-electron chi connectivity index (χ2n) is 2.88. The standard InChI is InChI=1S/C8H12O/c1-6-3-4-8(9)7(2)5-6/h3-4,6-7H,5H2,1-2H3. The van der Waals surface area contributed by atoms with Gasteiger partial charge in [-0.3, -0.25) is 4.79 Å². The average molecular weight is 124 g/mol. The molecule has 0 aliphatic heterocycles. The molecule has 0 saturated carbocycles. The van der Waals surface area contributed by atoms with Gasteiger partial charge in [0.25, 0.3) is 0 Å². The third-order valence-corrected chi connectivity index (χ3v) is 1.80. The van der Waals surface area contributed by atoms with Crippen LogP contribution in [0.25, 0.3) is 0 Å². The van der Waals surface area contributed by atoms with E-state index in [2.05, 4.69) is 6.92 Å². The first-order chi connectivity index (χ1) is 4.20. The fourth-order valence-corrected chi connectivity index (χ4v) is 1.18. The zero-order chi connectivity index (χ0) is 6.85. The van der Waals surface area contributed by atoms with Crippen LogP contribution in [0.5, 0.6) is 0 Å². The largest absolute Gasteiger partial charge is 0.295 e. The van der Waals surface area contributed by atoms with Crippen molar-refractivity contribution >= 4 is 5.78 Å². The lowest BCUT2D eigenvalue weighted by Crippen LogP contribution is -2.15. The van der Waals surface area contributed by atoms with E-state index in [9.17, 15) is 4.79 Å². The fourth-order valence-electron chi connectivity index (χ4n) is 1.18. The molecule has 0 spiro atoms. The predicted octanol–water partition coefficient (Wildman–Crippen LogP) is 1.79. The van der Waals surface area contributed by atoms with Gasteiger partial charge in [0.15, 0.2) is 5.78 Å². The minimum absolute atomic E-state index is 0.255. The van der Waals surface area contributed by atoms with Gasteiger partial charge >= 0.3 is 0 Å². The molecule has 1 aliphatic rings. The molecule has 1 nitrogen and oxygen atoms in total. The van der Waals surface area contributed by atoms with Crippen LogP contribution >= 0.6 is 0 Å². The van der Waals surface area contributed by atoms with Crippen molar-refractivity contribution in [2.24, 2.45) is 11.8 Å². The maximum Gasteiger partial charge on any atom is 0.158 e. The number of carbonyl (C=O) groups is 1. The lowest BCUT2D eigenvalue weighted by Gasteiger charge is -2.15. The summed E-state index contributed by atoms with van der Waals surface area (Å²) in [4.78, 5) is 10.9. The zero-order valence-corrected chi connectivity index (χ0v) is 5.92. The molecule has 2 atom stereocenters. The van der Waals surface area contributed by atoms with Gasteiger partial charge in [-0.1, -0.05) is 19.9 Å². The van der Waals surface area contributed by atoms with Gasteiger partial charge in [0, 0.05) is 5.92 Å². The van der Waals surface area contributed by atoms with Gasteiger partial charge in [-0.05, 0) is 18.4 Å². The lowest BCUT2D eigenvalue weighted by atomic mass is 9.88. The van der Waals surface area contributed by atoms with Crippen molar-refractivity contribution in [3.8, 4) is 0 Å². The molecule has 0 aromatic carbocycles. The normalized spacial score (nSPS) is 35.1. The first kappa shape index (κ1) is 6.53. The van der Waals surface area contributed by atoms with E-state index in [1.165, 1.54) is 0 Å². The summed E-state index contributed by atoms with van der Waals surface area (Å²) in [6, 6.07) is 0. The Bertz CT molecular complexity index is 147. The molecule has 0 bridgehead atoms. The number of hydrogen-bond donors (Lipinski definition) is 0. The van der Waals surface area contributed by atoms with Crippen LogP contribution in [-0.2, 0) is 4.79 Å². The Labute approximate surface area is 55.8 Å². The van der Waals surface area contributed by atoms with Gasteiger partial charge in [-0.15, -0.1) is 0 Å². The second kappa shape index (κ2) is 2.34. The summed E-state index contributed by atoms with van der Waals surface area (Å²) in [5, 5.41) is 0. The highest BCUT2D eigenvalue weighted by Crippen LogP contribution is 2.18. The van der Waals surface area contributed by atoms with Gasteiger partial charge in [0.1, 0.15) is 0 Å². The molecule has 0 aromatic heterocycles. The Balaban J connectivity index is 2.65. The van der Waals surface area contributed by atoms with E-state index in [-0.39, 0.29) is 11.7 Å². The van der Waals surface area contributed by atoms with Gasteiger partial charge in [0.05, 0.1) is 0 Å². The quantitative estimate of drug-likeness (QED) is 0.481. The molecule has 0 aromatic rings. The third-order valence-electron chi connectivity index (χ3n) is 1.80. The van der Waals surface area contributed by atoms with Crippen LogP contribution in [0.1, 0.15) is 20.3 Å². The van der Waals surface area contributed by atoms with Crippen LogP contribution in [0.15, 0.2) is 12.2 Å². The van der Waals surface area contributed by atoms with Crippen molar-refractivity contribution in [3.63, 3.8) is 0 Å². The van der Waals surface area contributed by atoms with Crippen LogP contribution in [0.2, 0.25) is 0 Å². The molecule has 1 rings (SSSR count). The summed E-state index contributed by atoms with van der Waals surface area (Å²) < 4.78 is 0. The molecule has 2 unspecified atom stereocenters.